The lowest BCUT2D eigenvalue weighted by molar-refractivity contribution is -0.164. The highest BCUT2D eigenvalue weighted by molar-refractivity contribution is 6.31. The number of halogens is 1. The molecular weight excluding hydrogens is 930 g/mol. The largest absolute Gasteiger partial charge is 0.489 e. The number of ether oxygens (including phenoxy) is 2. The Balaban J connectivity index is 0.658. The van der Waals surface area contributed by atoms with Gasteiger partial charge in [0.2, 0.25) is 5.88 Å². The van der Waals surface area contributed by atoms with Crippen molar-refractivity contribution in [2.45, 2.75) is 111 Å². The van der Waals surface area contributed by atoms with Crippen LogP contribution in [-0.4, -0.2) is 141 Å². The van der Waals surface area contributed by atoms with Crippen molar-refractivity contribution in [2.24, 2.45) is 16.7 Å². The number of amides is 1. The molecule has 72 heavy (non-hydrogen) atoms. The zero-order chi connectivity index (χ0) is 50.4. The number of nitriles is 1. The van der Waals surface area contributed by atoms with Gasteiger partial charge in [0.05, 0.1) is 35.8 Å². The third-order valence-corrected chi connectivity index (χ3v) is 16.0. The molecule has 7 heterocycles. The van der Waals surface area contributed by atoms with Gasteiger partial charge in [-0.25, -0.2) is 19.9 Å². The number of aromatic nitrogens is 6. The molecule has 3 saturated heterocycles. The molecule has 3 aliphatic heterocycles. The van der Waals surface area contributed by atoms with E-state index in [9.17, 15) is 15.2 Å². The highest BCUT2D eigenvalue weighted by Gasteiger charge is 2.64. The number of rotatable bonds is 19. The quantitative estimate of drug-likeness (QED) is 0.0701. The number of nitrogens with zero attached hydrogens (tertiary/aromatic N) is 11. The van der Waals surface area contributed by atoms with Crippen molar-refractivity contribution >= 4 is 40.6 Å². The van der Waals surface area contributed by atoms with Crippen molar-refractivity contribution in [1.82, 2.24) is 44.7 Å². The Bertz CT molecular complexity index is 2640. The van der Waals surface area contributed by atoms with Crippen LogP contribution >= 0.6 is 11.6 Å². The maximum atomic E-state index is 13.5. The number of hydrogen-bond acceptors (Lipinski definition) is 15. The third-order valence-electron chi connectivity index (χ3n) is 15.7. The first-order chi connectivity index (χ1) is 34.8. The Morgan fingerprint density at radius 3 is 2.39 bits per heavy atom. The van der Waals surface area contributed by atoms with Crippen molar-refractivity contribution in [3.8, 4) is 17.7 Å². The standard InChI is InChI=1S/C54H72ClN13O4/c1-6-39-33-61-68-45(29-46(62-49(39)68)67-19-8-7-10-41(67)17-26-69)58-31-38-11-14-48(60-32-38)71-27-9-18-64-22-24-65(25-23-64)36-37-15-20-66(21-16-37)47-35-57-44(34-59-47)50(70)63-51-53(2,3)52(54(51,4)5)72-42-13-12-40(30-56)43(55)28-42/h11-14,28-29,32-35,37,41,51-52,58,69H,6-10,15-27,31,36H2,1-5H3,(H,63,70). The Kier molecular flexibility index (Phi) is 16.0. The van der Waals surface area contributed by atoms with Crippen molar-refractivity contribution in [1.29, 1.82) is 5.26 Å². The summed E-state index contributed by atoms with van der Waals surface area (Å²) in [5, 5.41) is 30.8. The lowest BCUT2D eigenvalue weighted by Crippen LogP contribution is -2.74. The number of anilines is 3. The first kappa shape index (κ1) is 51.1. The number of piperidine rings is 2. The van der Waals surface area contributed by atoms with E-state index in [0.29, 0.717) is 47.0 Å². The molecule has 1 saturated carbocycles. The second-order valence-corrected chi connectivity index (χ2v) is 21.7. The van der Waals surface area contributed by atoms with Gasteiger partial charge in [-0.1, -0.05) is 52.3 Å². The number of benzene rings is 1. The molecule has 4 aromatic heterocycles. The van der Waals surface area contributed by atoms with Crippen molar-refractivity contribution in [3.63, 3.8) is 0 Å². The van der Waals surface area contributed by atoms with Crippen LogP contribution in [0.1, 0.15) is 107 Å². The van der Waals surface area contributed by atoms with E-state index in [1.165, 1.54) is 6.42 Å². The summed E-state index contributed by atoms with van der Waals surface area (Å²) in [6, 6.07) is 13.4. The van der Waals surface area contributed by atoms with E-state index in [-0.39, 0.29) is 41.5 Å². The number of aliphatic hydroxyl groups excluding tert-OH is 1. The molecule has 18 heteroatoms. The average Bonchev–Trinajstić information content (AvgIpc) is 3.82. The second kappa shape index (κ2) is 22.5. The molecule has 5 aromatic rings. The normalized spacial score (nSPS) is 21.5. The van der Waals surface area contributed by atoms with Gasteiger partial charge in [0.15, 0.2) is 5.65 Å². The Morgan fingerprint density at radius 1 is 0.903 bits per heavy atom. The molecule has 4 aliphatic rings. The summed E-state index contributed by atoms with van der Waals surface area (Å²) >= 11 is 6.27. The fraction of sp³-hybridized carbons (Fsp3) is 0.574. The molecule has 9 rings (SSSR count). The van der Waals surface area contributed by atoms with Crippen molar-refractivity contribution in [3.05, 3.63) is 88.6 Å². The minimum atomic E-state index is -0.377. The number of piperazine rings is 1. The monoisotopic (exact) mass is 1000 g/mol. The number of hydrogen-bond donors (Lipinski definition) is 3. The minimum Gasteiger partial charge on any atom is -0.489 e. The predicted molar refractivity (Wildman–Crippen MR) is 280 cm³/mol. The summed E-state index contributed by atoms with van der Waals surface area (Å²) < 4.78 is 14.4. The van der Waals surface area contributed by atoms with Gasteiger partial charge in [-0.15, -0.1) is 0 Å². The van der Waals surface area contributed by atoms with Crippen LogP contribution in [0.3, 0.4) is 0 Å². The molecule has 3 N–H and O–H groups in total. The highest BCUT2D eigenvalue weighted by Crippen LogP contribution is 2.55. The van der Waals surface area contributed by atoms with Gasteiger partial charge >= 0.3 is 0 Å². The van der Waals surface area contributed by atoms with E-state index in [1.54, 1.807) is 30.6 Å². The van der Waals surface area contributed by atoms with Crippen LogP contribution in [-0.2, 0) is 13.0 Å². The molecule has 0 radical (unpaired) electrons. The van der Waals surface area contributed by atoms with Crippen LogP contribution in [0.15, 0.2) is 61.2 Å². The zero-order valence-electron chi connectivity index (χ0n) is 42.7. The number of aliphatic hydroxyl groups is 1. The van der Waals surface area contributed by atoms with Crippen LogP contribution in [0.2, 0.25) is 5.02 Å². The van der Waals surface area contributed by atoms with Gasteiger partial charge in [-0.05, 0) is 75.0 Å². The van der Waals surface area contributed by atoms with Crippen molar-refractivity contribution < 1.29 is 19.4 Å². The number of carbonyl (C=O) groups is 1. The van der Waals surface area contributed by atoms with E-state index >= 15 is 0 Å². The second-order valence-electron chi connectivity index (χ2n) is 21.3. The highest BCUT2D eigenvalue weighted by atomic mass is 35.5. The first-order valence-corrected chi connectivity index (χ1v) is 26.5. The smallest absolute Gasteiger partial charge is 0.271 e. The van der Waals surface area contributed by atoms with E-state index in [4.69, 9.17) is 26.1 Å². The van der Waals surface area contributed by atoms with Crippen LogP contribution in [0.5, 0.6) is 11.6 Å². The van der Waals surface area contributed by atoms with E-state index in [2.05, 4.69) is 103 Å². The molecule has 0 spiro atoms. The molecule has 1 atom stereocenters. The molecule has 1 aliphatic carbocycles. The fourth-order valence-electron chi connectivity index (χ4n) is 11.8. The van der Waals surface area contributed by atoms with Gasteiger partial charge in [0, 0.05) is 125 Å². The maximum Gasteiger partial charge on any atom is 0.271 e. The van der Waals surface area contributed by atoms with Gasteiger partial charge in [0.1, 0.15) is 41.1 Å². The van der Waals surface area contributed by atoms with Crippen LogP contribution in [0.25, 0.3) is 5.65 Å². The van der Waals surface area contributed by atoms with Crippen LogP contribution < -0.4 is 29.9 Å². The molecule has 4 fully saturated rings. The van der Waals surface area contributed by atoms with Crippen LogP contribution in [0, 0.1) is 28.1 Å². The van der Waals surface area contributed by atoms with E-state index in [0.717, 1.165) is 138 Å². The molecular formula is C54H72ClN13O4. The van der Waals surface area contributed by atoms with Crippen molar-refractivity contribution in [2.75, 3.05) is 87.2 Å². The molecule has 1 unspecified atom stereocenters. The Hall–Kier alpha value is -5.80. The Morgan fingerprint density at radius 2 is 1.69 bits per heavy atom. The summed E-state index contributed by atoms with van der Waals surface area (Å²) in [5.74, 6) is 4.26. The number of pyridine rings is 1. The summed E-state index contributed by atoms with van der Waals surface area (Å²) in [6.45, 7) is 21.1. The fourth-order valence-corrected chi connectivity index (χ4v) is 12.0. The number of nitrogens with one attached hydrogen (secondary N) is 2. The van der Waals surface area contributed by atoms with Gasteiger partial charge in [0.25, 0.3) is 5.91 Å². The maximum absolute atomic E-state index is 13.5. The molecule has 0 bridgehead atoms. The van der Waals surface area contributed by atoms with Gasteiger partial charge < -0.3 is 44.8 Å². The first-order valence-electron chi connectivity index (χ1n) is 26.1. The third kappa shape index (κ3) is 11.4. The van der Waals surface area contributed by atoms with Crippen LogP contribution in [0.4, 0.5) is 17.5 Å². The lowest BCUT2D eigenvalue weighted by atomic mass is 9.49. The minimum absolute atomic E-state index is 0.167. The summed E-state index contributed by atoms with van der Waals surface area (Å²) in [4.78, 5) is 42.2. The summed E-state index contributed by atoms with van der Waals surface area (Å²) in [7, 11) is 0. The lowest BCUT2D eigenvalue weighted by Gasteiger charge is -2.63. The number of carbonyl (C=O) groups excluding carboxylic acids is 1. The number of fused-ring (bicyclic) bond motifs is 1. The van der Waals surface area contributed by atoms with Gasteiger partial charge in [-0.3, -0.25) is 4.79 Å². The number of aryl methyl sites for hydroxylation is 1. The summed E-state index contributed by atoms with van der Waals surface area (Å²) in [5.41, 5.74) is 2.98. The molecule has 17 nitrogen and oxygen atoms in total. The zero-order valence-corrected chi connectivity index (χ0v) is 43.5. The van der Waals surface area contributed by atoms with E-state index < -0.39 is 0 Å². The van der Waals surface area contributed by atoms with Gasteiger partial charge in [-0.2, -0.15) is 14.9 Å². The average molecular weight is 1000 g/mol. The Labute approximate surface area is 429 Å². The predicted octanol–water partition coefficient (Wildman–Crippen LogP) is 7.27. The molecule has 1 amide bonds. The molecule has 1 aromatic carbocycles. The summed E-state index contributed by atoms with van der Waals surface area (Å²) in [6.07, 6.45) is 15.0. The topological polar surface area (TPSA) is 185 Å². The SMILES string of the molecule is CCc1cnn2c(NCc3ccc(OCCCN4CCN(CC5CCN(c6cnc(C(=O)NC7C(C)(C)C(Oc8ccc(C#N)c(Cl)c8)C7(C)C)cn6)CC5)CC4)nc3)cc(N3CCCCC3CCO)nc12. The van der Waals surface area contributed by atoms with E-state index in [1.807, 2.05) is 23.0 Å². The molecule has 384 valence electrons.